The van der Waals surface area contributed by atoms with Crippen molar-refractivity contribution in [2.75, 3.05) is 5.32 Å². The molecule has 0 saturated heterocycles. The van der Waals surface area contributed by atoms with Crippen molar-refractivity contribution in [2.45, 2.75) is 33.2 Å². The number of para-hydroxylation sites is 1. The summed E-state index contributed by atoms with van der Waals surface area (Å²) in [6, 6.07) is 9.32. The fraction of sp³-hybridized carbons (Fsp3) is 0.316. The van der Waals surface area contributed by atoms with Crippen LogP contribution < -0.4 is 10.6 Å². The number of aromatic nitrogens is 4. The molecule has 0 aliphatic rings. The van der Waals surface area contributed by atoms with E-state index in [2.05, 4.69) is 27.8 Å². The van der Waals surface area contributed by atoms with Crippen LogP contribution >= 0.6 is 0 Å². The van der Waals surface area contributed by atoms with E-state index in [4.69, 9.17) is 0 Å². The van der Waals surface area contributed by atoms with E-state index in [9.17, 15) is 4.79 Å². The van der Waals surface area contributed by atoms with Crippen LogP contribution in [-0.2, 0) is 13.5 Å². The molecule has 3 rings (SSSR count). The van der Waals surface area contributed by atoms with Gasteiger partial charge in [0.1, 0.15) is 5.82 Å². The molecule has 1 atom stereocenters. The van der Waals surface area contributed by atoms with E-state index in [0.29, 0.717) is 0 Å². The SMILES string of the molecule is CCc1c(C)nn(C)c1NC(=O)NC(C)c1ccccc1-n1cccn1. The monoisotopic (exact) mass is 352 g/mol. The Hall–Kier alpha value is -3.09. The molecule has 136 valence electrons. The number of nitrogens with one attached hydrogen (secondary N) is 2. The second-order valence-corrected chi connectivity index (χ2v) is 6.22. The van der Waals surface area contributed by atoms with Crippen molar-refractivity contribution in [1.29, 1.82) is 0 Å². The summed E-state index contributed by atoms with van der Waals surface area (Å²) in [7, 11) is 1.83. The highest BCUT2D eigenvalue weighted by Gasteiger charge is 2.17. The molecule has 26 heavy (non-hydrogen) atoms. The second kappa shape index (κ2) is 7.43. The quantitative estimate of drug-likeness (QED) is 0.739. The molecule has 0 radical (unpaired) electrons. The third-order valence-corrected chi connectivity index (χ3v) is 4.43. The Balaban J connectivity index is 1.77. The summed E-state index contributed by atoms with van der Waals surface area (Å²) in [4.78, 5) is 12.5. The maximum atomic E-state index is 12.5. The minimum absolute atomic E-state index is 0.185. The first-order chi connectivity index (χ1) is 12.5. The van der Waals surface area contributed by atoms with Crippen LogP contribution in [0.1, 0.15) is 36.7 Å². The molecule has 7 heteroatoms. The van der Waals surface area contributed by atoms with Crippen LogP contribution in [0.2, 0.25) is 0 Å². The molecule has 1 aromatic carbocycles. The normalized spacial score (nSPS) is 12.0. The Morgan fingerprint density at radius 2 is 2.04 bits per heavy atom. The summed E-state index contributed by atoms with van der Waals surface area (Å²) in [5.74, 6) is 0.732. The molecular formula is C19H24N6O. The van der Waals surface area contributed by atoms with Gasteiger partial charge in [0.2, 0.25) is 0 Å². The number of carbonyl (C=O) groups excluding carboxylic acids is 1. The van der Waals surface area contributed by atoms with E-state index < -0.39 is 0 Å². The number of nitrogens with zero attached hydrogens (tertiary/aromatic N) is 4. The molecule has 3 aromatic rings. The van der Waals surface area contributed by atoms with Crippen molar-refractivity contribution in [2.24, 2.45) is 7.05 Å². The zero-order valence-electron chi connectivity index (χ0n) is 15.5. The smallest absolute Gasteiger partial charge is 0.320 e. The number of benzene rings is 1. The lowest BCUT2D eigenvalue weighted by atomic mass is 10.1. The summed E-state index contributed by atoms with van der Waals surface area (Å²) in [5, 5.41) is 14.6. The minimum atomic E-state index is -0.259. The van der Waals surface area contributed by atoms with Crippen LogP contribution in [0.4, 0.5) is 10.6 Å². The lowest BCUT2D eigenvalue weighted by molar-refractivity contribution is 0.249. The third-order valence-electron chi connectivity index (χ3n) is 4.43. The van der Waals surface area contributed by atoms with Gasteiger partial charge in [-0.1, -0.05) is 25.1 Å². The van der Waals surface area contributed by atoms with Gasteiger partial charge < -0.3 is 5.32 Å². The van der Waals surface area contributed by atoms with Gasteiger partial charge in [-0.25, -0.2) is 9.48 Å². The van der Waals surface area contributed by atoms with Crippen LogP contribution in [0.3, 0.4) is 0 Å². The maximum Gasteiger partial charge on any atom is 0.320 e. The first-order valence-electron chi connectivity index (χ1n) is 8.70. The van der Waals surface area contributed by atoms with Crippen molar-refractivity contribution in [1.82, 2.24) is 24.9 Å². The van der Waals surface area contributed by atoms with E-state index >= 15 is 0 Å². The summed E-state index contributed by atoms with van der Waals surface area (Å²) in [6.07, 6.45) is 4.43. The Morgan fingerprint density at radius 3 is 2.73 bits per heavy atom. The number of aryl methyl sites for hydroxylation is 2. The average Bonchev–Trinajstić information content (AvgIpc) is 3.23. The Bertz CT molecular complexity index is 897. The number of hydrogen-bond acceptors (Lipinski definition) is 3. The summed E-state index contributed by atoms with van der Waals surface area (Å²) in [6.45, 7) is 5.96. The van der Waals surface area contributed by atoms with E-state index in [1.54, 1.807) is 15.6 Å². The van der Waals surface area contributed by atoms with Gasteiger partial charge in [0.15, 0.2) is 0 Å². The predicted molar refractivity (Wildman–Crippen MR) is 101 cm³/mol. The fourth-order valence-electron chi connectivity index (χ4n) is 3.17. The highest BCUT2D eigenvalue weighted by atomic mass is 16.2. The molecular weight excluding hydrogens is 328 g/mol. The van der Waals surface area contributed by atoms with Crippen LogP contribution in [-0.4, -0.2) is 25.6 Å². The lowest BCUT2D eigenvalue weighted by Gasteiger charge is -2.18. The Kier molecular flexibility index (Phi) is 5.06. The number of anilines is 1. The van der Waals surface area contributed by atoms with Crippen LogP contribution in [0, 0.1) is 6.92 Å². The predicted octanol–water partition coefficient (Wildman–Crippen LogP) is 3.36. The largest absolute Gasteiger partial charge is 0.331 e. The zero-order valence-corrected chi connectivity index (χ0v) is 15.5. The highest BCUT2D eigenvalue weighted by molar-refractivity contribution is 5.89. The van der Waals surface area contributed by atoms with Crippen molar-refractivity contribution < 1.29 is 4.79 Å². The molecule has 2 amide bonds. The van der Waals surface area contributed by atoms with E-state index in [-0.39, 0.29) is 12.1 Å². The fourth-order valence-corrected chi connectivity index (χ4v) is 3.17. The van der Waals surface area contributed by atoms with Gasteiger partial charge in [0.05, 0.1) is 17.4 Å². The van der Waals surface area contributed by atoms with Crippen molar-refractivity contribution in [3.8, 4) is 5.69 Å². The standard InChI is InChI=1S/C19H24N6O/c1-5-15-14(3)23-24(4)18(15)22-19(26)21-13(2)16-9-6-7-10-17(16)25-12-8-11-20-25/h6-13H,5H2,1-4H3,(H2,21,22,26). The van der Waals surface area contributed by atoms with Gasteiger partial charge in [-0.05, 0) is 38.0 Å². The van der Waals surface area contributed by atoms with Gasteiger partial charge in [-0.3, -0.25) is 10.00 Å². The average molecular weight is 352 g/mol. The molecule has 2 N–H and O–H groups in total. The van der Waals surface area contributed by atoms with Crippen molar-refractivity contribution >= 4 is 11.8 Å². The van der Waals surface area contributed by atoms with Crippen molar-refractivity contribution in [3.05, 3.63) is 59.5 Å². The topological polar surface area (TPSA) is 76.8 Å². The van der Waals surface area contributed by atoms with Gasteiger partial charge in [0.25, 0.3) is 0 Å². The molecule has 2 heterocycles. The summed E-state index contributed by atoms with van der Waals surface area (Å²) >= 11 is 0. The number of rotatable bonds is 5. The lowest BCUT2D eigenvalue weighted by Crippen LogP contribution is -2.32. The molecule has 7 nitrogen and oxygen atoms in total. The number of hydrogen-bond donors (Lipinski definition) is 2. The first kappa shape index (κ1) is 17.7. The van der Waals surface area contributed by atoms with Gasteiger partial charge in [-0.2, -0.15) is 10.2 Å². The highest BCUT2D eigenvalue weighted by Crippen LogP contribution is 2.22. The third kappa shape index (κ3) is 3.46. The molecule has 0 aliphatic heterocycles. The Morgan fingerprint density at radius 1 is 1.27 bits per heavy atom. The van der Waals surface area contributed by atoms with E-state index in [1.165, 1.54) is 0 Å². The number of carbonyl (C=O) groups is 1. The minimum Gasteiger partial charge on any atom is -0.331 e. The molecule has 0 bridgehead atoms. The van der Waals surface area contributed by atoms with Crippen molar-refractivity contribution in [3.63, 3.8) is 0 Å². The molecule has 0 spiro atoms. The van der Waals surface area contributed by atoms with Gasteiger partial charge >= 0.3 is 6.03 Å². The van der Waals surface area contributed by atoms with Crippen LogP contribution in [0.25, 0.3) is 5.69 Å². The maximum absolute atomic E-state index is 12.5. The molecule has 0 fully saturated rings. The second-order valence-electron chi connectivity index (χ2n) is 6.22. The zero-order chi connectivity index (χ0) is 18.7. The number of urea groups is 1. The van der Waals surface area contributed by atoms with E-state index in [0.717, 1.165) is 34.7 Å². The van der Waals surface area contributed by atoms with Crippen LogP contribution in [0.5, 0.6) is 0 Å². The summed E-state index contributed by atoms with van der Waals surface area (Å²) in [5.41, 5.74) is 3.91. The first-order valence-corrected chi connectivity index (χ1v) is 8.70. The Labute approximate surface area is 153 Å². The molecule has 0 aliphatic carbocycles. The van der Waals surface area contributed by atoms with E-state index in [1.807, 2.05) is 57.4 Å². The number of amides is 2. The van der Waals surface area contributed by atoms with Crippen LogP contribution in [0.15, 0.2) is 42.7 Å². The molecule has 2 aromatic heterocycles. The summed E-state index contributed by atoms with van der Waals surface area (Å²) < 4.78 is 3.50. The van der Waals surface area contributed by atoms with Gasteiger partial charge in [0, 0.05) is 25.0 Å². The molecule has 0 saturated carbocycles. The molecule has 1 unspecified atom stereocenters. The van der Waals surface area contributed by atoms with Gasteiger partial charge in [-0.15, -0.1) is 0 Å².